The third-order valence-electron chi connectivity index (χ3n) is 0.870. The van der Waals surface area contributed by atoms with Crippen LogP contribution in [0.4, 0.5) is 0 Å². The van der Waals surface area contributed by atoms with Crippen molar-refractivity contribution in [2.75, 3.05) is 12.3 Å². The lowest BCUT2D eigenvalue weighted by molar-refractivity contribution is -0.118. The van der Waals surface area contributed by atoms with Crippen molar-refractivity contribution in [2.45, 2.75) is 13.3 Å². The van der Waals surface area contributed by atoms with E-state index in [2.05, 4.69) is 5.32 Å². The number of amides is 1. The van der Waals surface area contributed by atoms with E-state index < -0.39 is 11.1 Å². The highest BCUT2D eigenvalue weighted by Crippen LogP contribution is 1.80. The summed E-state index contributed by atoms with van der Waals surface area (Å²) in [4.78, 5) is 10.2. The largest absolute Gasteiger partial charge is 0.356 e. The molecule has 2 N–H and O–H groups in total. The first-order chi connectivity index (χ1) is 4.63. The molecule has 0 rings (SSSR count). The first-order valence-electron chi connectivity index (χ1n) is 2.95. The normalized spacial score (nSPS) is 12.6. The third-order valence-corrected chi connectivity index (χ3v) is 1.51. The number of carbonyl (C=O) groups is 1. The molecule has 1 atom stereocenters. The van der Waals surface area contributed by atoms with Crippen molar-refractivity contribution in [3.05, 3.63) is 0 Å². The van der Waals surface area contributed by atoms with Crippen LogP contribution in [-0.4, -0.2) is 27.0 Å². The summed E-state index contributed by atoms with van der Waals surface area (Å²) in [6.45, 7) is 1.89. The highest BCUT2D eigenvalue weighted by molar-refractivity contribution is 7.79. The molecule has 0 spiro atoms. The molecule has 0 fully saturated rings. The molecule has 1 amide bonds. The Morgan fingerprint density at radius 2 is 2.30 bits per heavy atom. The molecule has 0 aliphatic heterocycles. The van der Waals surface area contributed by atoms with E-state index in [0.29, 0.717) is 13.0 Å². The van der Waals surface area contributed by atoms with Gasteiger partial charge in [-0.3, -0.25) is 4.79 Å². The number of hydrogen-bond acceptors (Lipinski definition) is 2. The minimum atomic E-state index is -1.73. The number of carbonyl (C=O) groups excluding carboxylic acids is 1. The zero-order chi connectivity index (χ0) is 7.98. The van der Waals surface area contributed by atoms with E-state index in [1.54, 1.807) is 0 Å². The maximum atomic E-state index is 10.2. The molecule has 1 unspecified atom stereocenters. The minimum absolute atomic E-state index is 0.108. The Balaban J connectivity index is 3.06. The van der Waals surface area contributed by atoms with Crippen LogP contribution in [-0.2, 0) is 15.9 Å². The van der Waals surface area contributed by atoms with Crippen molar-refractivity contribution in [2.24, 2.45) is 0 Å². The van der Waals surface area contributed by atoms with Crippen LogP contribution >= 0.6 is 0 Å². The van der Waals surface area contributed by atoms with Crippen LogP contribution in [0.5, 0.6) is 0 Å². The summed E-state index contributed by atoms with van der Waals surface area (Å²) >= 11 is -1.73. The molecule has 0 saturated heterocycles. The van der Waals surface area contributed by atoms with E-state index in [1.165, 1.54) is 6.92 Å². The average Bonchev–Trinajstić information content (AvgIpc) is 1.79. The summed E-state index contributed by atoms with van der Waals surface area (Å²) in [5, 5.41) is 2.52. The van der Waals surface area contributed by atoms with Crippen LogP contribution < -0.4 is 5.32 Å². The van der Waals surface area contributed by atoms with Crippen LogP contribution in [0.15, 0.2) is 0 Å². The van der Waals surface area contributed by atoms with Crippen molar-refractivity contribution in [1.29, 1.82) is 0 Å². The first kappa shape index (κ1) is 9.58. The van der Waals surface area contributed by atoms with Crippen LogP contribution in [0.1, 0.15) is 13.3 Å². The van der Waals surface area contributed by atoms with Gasteiger partial charge < -0.3 is 9.87 Å². The summed E-state index contributed by atoms with van der Waals surface area (Å²) in [5.41, 5.74) is 0. The Morgan fingerprint density at radius 1 is 1.70 bits per heavy atom. The van der Waals surface area contributed by atoms with Gasteiger partial charge in [0.05, 0.1) is 5.75 Å². The lowest BCUT2D eigenvalue weighted by Crippen LogP contribution is -2.22. The van der Waals surface area contributed by atoms with E-state index >= 15 is 0 Å². The van der Waals surface area contributed by atoms with Gasteiger partial charge in [0.1, 0.15) is 0 Å². The molecule has 10 heavy (non-hydrogen) atoms. The van der Waals surface area contributed by atoms with Gasteiger partial charge in [-0.05, 0) is 6.42 Å². The van der Waals surface area contributed by atoms with Gasteiger partial charge in [0.15, 0.2) is 11.1 Å². The number of hydrogen-bond donors (Lipinski definition) is 2. The molecule has 0 saturated carbocycles. The molecule has 0 heterocycles. The lowest BCUT2D eigenvalue weighted by Gasteiger charge is -1.97. The van der Waals surface area contributed by atoms with Crippen LogP contribution in [0.2, 0.25) is 0 Å². The van der Waals surface area contributed by atoms with Gasteiger partial charge in [-0.1, -0.05) is 0 Å². The van der Waals surface area contributed by atoms with Crippen LogP contribution in [0, 0.1) is 0 Å². The van der Waals surface area contributed by atoms with E-state index in [0.717, 1.165) is 0 Å². The molecular formula is C5H11NO3S. The Kier molecular flexibility index (Phi) is 5.15. The van der Waals surface area contributed by atoms with Gasteiger partial charge in [0.25, 0.3) is 0 Å². The van der Waals surface area contributed by atoms with Crippen LogP contribution in [0.3, 0.4) is 0 Å². The molecular weight excluding hydrogens is 154 g/mol. The summed E-state index contributed by atoms with van der Waals surface area (Å²) < 4.78 is 18.3. The number of rotatable bonds is 4. The Morgan fingerprint density at radius 3 is 2.70 bits per heavy atom. The summed E-state index contributed by atoms with van der Waals surface area (Å²) in [7, 11) is 0. The zero-order valence-corrected chi connectivity index (χ0v) is 6.61. The first-order valence-corrected chi connectivity index (χ1v) is 4.22. The molecule has 0 bridgehead atoms. The van der Waals surface area contributed by atoms with E-state index in [9.17, 15) is 9.00 Å². The van der Waals surface area contributed by atoms with Gasteiger partial charge in [-0.25, -0.2) is 4.21 Å². The quantitative estimate of drug-likeness (QED) is 0.445. The molecule has 0 aromatic rings. The predicted molar refractivity (Wildman–Crippen MR) is 38.9 cm³/mol. The smallest absolute Gasteiger partial charge is 0.216 e. The van der Waals surface area contributed by atoms with E-state index in [-0.39, 0.29) is 11.7 Å². The van der Waals surface area contributed by atoms with E-state index in [4.69, 9.17) is 4.55 Å². The van der Waals surface area contributed by atoms with Gasteiger partial charge in [0, 0.05) is 13.5 Å². The fraction of sp³-hybridized carbons (Fsp3) is 0.800. The van der Waals surface area contributed by atoms with Crippen molar-refractivity contribution < 1.29 is 13.6 Å². The second-order valence-electron chi connectivity index (χ2n) is 1.86. The molecule has 0 aliphatic rings. The number of nitrogens with one attached hydrogen (secondary N) is 1. The second-order valence-corrected chi connectivity index (χ2v) is 2.91. The minimum Gasteiger partial charge on any atom is -0.356 e. The molecule has 0 aromatic heterocycles. The van der Waals surface area contributed by atoms with Crippen LogP contribution in [0.25, 0.3) is 0 Å². The zero-order valence-electron chi connectivity index (χ0n) is 5.79. The molecule has 4 nitrogen and oxygen atoms in total. The molecule has 0 aliphatic carbocycles. The topological polar surface area (TPSA) is 66.4 Å². The standard InChI is InChI=1S/C5H11NO3S/c1-5(7)6-3-2-4-10(8)9/h2-4H2,1H3,(H,6,7)(H,8,9). The SMILES string of the molecule is CC(=O)NCCCS(=O)O. The van der Waals surface area contributed by atoms with Crippen molar-refractivity contribution in [3.8, 4) is 0 Å². The maximum Gasteiger partial charge on any atom is 0.216 e. The van der Waals surface area contributed by atoms with Crippen molar-refractivity contribution in [3.63, 3.8) is 0 Å². The van der Waals surface area contributed by atoms with Gasteiger partial charge in [0.2, 0.25) is 5.91 Å². The Hall–Kier alpha value is -0.420. The van der Waals surface area contributed by atoms with Gasteiger partial charge in [-0.2, -0.15) is 0 Å². The summed E-state index contributed by atoms with van der Waals surface area (Å²) in [6, 6.07) is 0. The van der Waals surface area contributed by atoms with Gasteiger partial charge >= 0.3 is 0 Å². The maximum absolute atomic E-state index is 10.2. The predicted octanol–water partition coefficient (Wildman–Crippen LogP) is -0.266. The molecule has 0 aromatic carbocycles. The Bertz CT molecular complexity index is 121. The fourth-order valence-corrected chi connectivity index (χ4v) is 0.851. The second kappa shape index (κ2) is 5.37. The van der Waals surface area contributed by atoms with E-state index in [1.807, 2.05) is 0 Å². The average molecular weight is 165 g/mol. The summed E-state index contributed by atoms with van der Waals surface area (Å²) in [6.07, 6.45) is 0.544. The molecule has 0 radical (unpaired) electrons. The van der Waals surface area contributed by atoms with Gasteiger partial charge in [-0.15, -0.1) is 0 Å². The molecule has 60 valence electrons. The Labute approximate surface area is 62.3 Å². The monoisotopic (exact) mass is 165 g/mol. The fourth-order valence-electron chi connectivity index (χ4n) is 0.460. The highest BCUT2D eigenvalue weighted by Gasteiger charge is 1.93. The highest BCUT2D eigenvalue weighted by atomic mass is 32.2. The third kappa shape index (κ3) is 7.58. The lowest BCUT2D eigenvalue weighted by atomic mass is 10.5. The summed E-state index contributed by atoms with van der Waals surface area (Å²) in [5.74, 6) is 0.115. The molecule has 5 heteroatoms. The van der Waals surface area contributed by atoms with Crippen molar-refractivity contribution >= 4 is 17.0 Å². The van der Waals surface area contributed by atoms with Crippen molar-refractivity contribution in [1.82, 2.24) is 5.32 Å².